The second kappa shape index (κ2) is 7.73. The van der Waals surface area contributed by atoms with Crippen LogP contribution in [0.3, 0.4) is 0 Å². The highest BCUT2D eigenvalue weighted by atomic mass is 16.6. The van der Waals surface area contributed by atoms with E-state index in [0.717, 1.165) is 5.56 Å². The first kappa shape index (κ1) is 16.9. The topological polar surface area (TPSA) is 122 Å². The number of nitro benzene ring substituents is 1. The molecule has 0 saturated heterocycles. The number of nitro groups is 1. The molecule has 124 valence electrons. The molecule has 2 amide bonds. The van der Waals surface area contributed by atoms with Gasteiger partial charge in [-0.2, -0.15) is 0 Å². The molecule has 0 fully saturated rings. The lowest BCUT2D eigenvalue weighted by Gasteiger charge is -2.15. The summed E-state index contributed by atoms with van der Waals surface area (Å²) in [6.07, 6.45) is 0.143. The van der Waals surface area contributed by atoms with Gasteiger partial charge in [-0.3, -0.25) is 10.1 Å². The van der Waals surface area contributed by atoms with Crippen LogP contribution in [-0.4, -0.2) is 28.1 Å². The summed E-state index contributed by atoms with van der Waals surface area (Å²) in [7, 11) is 0. The van der Waals surface area contributed by atoms with Gasteiger partial charge in [-0.25, -0.2) is 9.59 Å². The van der Waals surface area contributed by atoms with Crippen LogP contribution in [-0.2, 0) is 11.2 Å². The third kappa shape index (κ3) is 4.80. The molecule has 8 heteroatoms. The highest BCUT2D eigenvalue weighted by molar-refractivity contribution is 5.92. The van der Waals surface area contributed by atoms with Gasteiger partial charge in [0.05, 0.1) is 4.92 Å². The molecule has 0 aliphatic heterocycles. The molecule has 3 N–H and O–H groups in total. The minimum atomic E-state index is -1.15. The standard InChI is InChI=1S/C16H15N3O5/c20-15(21)14(10-11-4-2-1-3-5-11)18-16(22)17-12-6-8-13(9-7-12)19(23)24/h1-9,14H,10H2,(H,20,21)(H2,17,18,22)/t14-/m0/s1. The van der Waals surface area contributed by atoms with Gasteiger partial charge in [0.2, 0.25) is 0 Å². The minimum absolute atomic E-state index is 0.103. The van der Waals surface area contributed by atoms with Crippen LogP contribution in [0.2, 0.25) is 0 Å². The average molecular weight is 329 g/mol. The van der Waals surface area contributed by atoms with Crippen LogP contribution in [0.4, 0.5) is 16.2 Å². The lowest BCUT2D eigenvalue weighted by Crippen LogP contribution is -2.44. The van der Waals surface area contributed by atoms with Crippen molar-refractivity contribution in [3.8, 4) is 0 Å². The summed E-state index contributed by atoms with van der Waals surface area (Å²) in [5.74, 6) is -1.15. The number of amides is 2. The van der Waals surface area contributed by atoms with Crippen molar-refractivity contribution in [2.24, 2.45) is 0 Å². The first-order chi connectivity index (χ1) is 11.5. The molecule has 24 heavy (non-hydrogen) atoms. The first-order valence-electron chi connectivity index (χ1n) is 7.04. The zero-order valence-electron chi connectivity index (χ0n) is 12.5. The molecule has 2 rings (SSSR count). The molecule has 0 spiro atoms. The predicted octanol–water partition coefficient (Wildman–Crippen LogP) is 2.41. The number of carboxylic acids is 1. The fourth-order valence-electron chi connectivity index (χ4n) is 2.04. The van der Waals surface area contributed by atoms with E-state index in [1.54, 1.807) is 24.3 Å². The number of carboxylic acid groups (broad SMARTS) is 1. The summed E-state index contributed by atoms with van der Waals surface area (Å²) in [6, 6.07) is 12.3. The van der Waals surface area contributed by atoms with Gasteiger partial charge in [-0.15, -0.1) is 0 Å². The molecule has 0 aromatic heterocycles. The number of aliphatic carboxylic acids is 1. The Kier molecular flexibility index (Phi) is 5.45. The summed E-state index contributed by atoms with van der Waals surface area (Å²) >= 11 is 0. The third-order valence-corrected chi connectivity index (χ3v) is 3.22. The van der Waals surface area contributed by atoms with Crippen molar-refractivity contribution < 1.29 is 19.6 Å². The summed E-state index contributed by atoms with van der Waals surface area (Å²) in [5, 5.41) is 24.6. The number of hydrogen-bond donors (Lipinski definition) is 3. The maximum absolute atomic E-state index is 11.9. The van der Waals surface area contributed by atoms with Gasteiger partial charge in [0.25, 0.3) is 5.69 Å². The zero-order chi connectivity index (χ0) is 17.5. The molecular formula is C16H15N3O5. The smallest absolute Gasteiger partial charge is 0.326 e. The zero-order valence-corrected chi connectivity index (χ0v) is 12.5. The van der Waals surface area contributed by atoms with E-state index in [4.69, 9.17) is 0 Å². The first-order valence-corrected chi connectivity index (χ1v) is 7.04. The number of nitrogens with zero attached hydrogens (tertiary/aromatic N) is 1. The normalized spacial score (nSPS) is 11.3. The maximum atomic E-state index is 11.9. The molecular weight excluding hydrogens is 314 g/mol. The largest absolute Gasteiger partial charge is 0.480 e. The number of urea groups is 1. The number of non-ortho nitro benzene ring substituents is 1. The van der Waals surface area contributed by atoms with E-state index in [1.165, 1.54) is 24.3 Å². The van der Waals surface area contributed by atoms with E-state index in [1.807, 2.05) is 6.07 Å². The maximum Gasteiger partial charge on any atom is 0.326 e. The second-order valence-electron chi connectivity index (χ2n) is 4.98. The second-order valence-corrected chi connectivity index (χ2v) is 4.98. The highest BCUT2D eigenvalue weighted by Crippen LogP contribution is 2.15. The quantitative estimate of drug-likeness (QED) is 0.555. The van der Waals surface area contributed by atoms with Crippen molar-refractivity contribution in [3.05, 3.63) is 70.3 Å². The fraction of sp³-hybridized carbons (Fsp3) is 0.125. The van der Waals surface area contributed by atoms with Crippen LogP contribution in [0.1, 0.15) is 5.56 Å². The molecule has 0 saturated carbocycles. The average Bonchev–Trinajstić information content (AvgIpc) is 2.55. The van der Waals surface area contributed by atoms with Crippen LogP contribution in [0, 0.1) is 10.1 Å². The monoisotopic (exact) mass is 329 g/mol. The third-order valence-electron chi connectivity index (χ3n) is 3.22. The van der Waals surface area contributed by atoms with Crippen molar-refractivity contribution in [3.63, 3.8) is 0 Å². The number of nitrogens with one attached hydrogen (secondary N) is 2. The van der Waals surface area contributed by atoms with Crippen molar-refractivity contribution in [2.45, 2.75) is 12.5 Å². The van der Waals surface area contributed by atoms with E-state index < -0.39 is 23.0 Å². The van der Waals surface area contributed by atoms with Crippen LogP contribution >= 0.6 is 0 Å². The van der Waals surface area contributed by atoms with Crippen molar-refractivity contribution in [1.82, 2.24) is 5.32 Å². The molecule has 0 heterocycles. The number of rotatable bonds is 6. The molecule has 0 unspecified atom stereocenters. The van der Waals surface area contributed by atoms with Crippen LogP contribution in [0.25, 0.3) is 0 Å². The van der Waals surface area contributed by atoms with E-state index in [2.05, 4.69) is 10.6 Å². The molecule has 8 nitrogen and oxygen atoms in total. The lowest BCUT2D eigenvalue weighted by atomic mass is 10.1. The Bertz CT molecular complexity index is 731. The fourth-order valence-corrected chi connectivity index (χ4v) is 2.04. The molecule has 0 aliphatic rings. The Balaban J connectivity index is 1.97. The van der Waals surface area contributed by atoms with E-state index in [9.17, 15) is 24.8 Å². The van der Waals surface area contributed by atoms with Gasteiger partial charge in [0.1, 0.15) is 6.04 Å². The summed E-state index contributed by atoms with van der Waals surface area (Å²) < 4.78 is 0. The summed E-state index contributed by atoms with van der Waals surface area (Å²) in [6.45, 7) is 0. The van der Waals surface area contributed by atoms with Gasteiger partial charge >= 0.3 is 12.0 Å². The number of carbonyl (C=O) groups is 2. The highest BCUT2D eigenvalue weighted by Gasteiger charge is 2.20. The molecule has 2 aromatic carbocycles. The van der Waals surface area contributed by atoms with Gasteiger partial charge < -0.3 is 15.7 Å². The Morgan fingerprint density at radius 3 is 2.25 bits per heavy atom. The number of hydrogen-bond acceptors (Lipinski definition) is 4. The Hall–Kier alpha value is -3.42. The number of anilines is 1. The molecule has 2 aromatic rings. The molecule has 0 radical (unpaired) electrons. The molecule has 0 aliphatic carbocycles. The van der Waals surface area contributed by atoms with E-state index in [-0.39, 0.29) is 12.1 Å². The van der Waals surface area contributed by atoms with Crippen LogP contribution < -0.4 is 10.6 Å². The number of carbonyl (C=O) groups excluding carboxylic acids is 1. The Morgan fingerprint density at radius 1 is 1.08 bits per heavy atom. The Morgan fingerprint density at radius 2 is 1.71 bits per heavy atom. The van der Waals surface area contributed by atoms with Gasteiger partial charge in [-0.05, 0) is 17.7 Å². The SMILES string of the molecule is O=C(Nc1ccc([N+](=O)[O-])cc1)N[C@@H](Cc1ccccc1)C(=O)O. The summed E-state index contributed by atoms with van der Waals surface area (Å²) in [4.78, 5) is 33.2. The molecule has 1 atom stereocenters. The van der Waals surface area contributed by atoms with E-state index in [0.29, 0.717) is 5.69 Å². The summed E-state index contributed by atoms with van der Waals surface area (Å²) in [5.41, 5.74) is 0.996. The number of benzene rings is 2. The lowest BCUT2D eigenvalue weighted by molar-refractivity contribution is -0.384. The van der Waals surface area contributed by atoms with Crippen molar-refractivity contribution in [2.75, 3.05) is 5.32 Å². The molecule has 0 bridgehead atoms. The Labute approximate surface area is 137 Å². The van der Waals surface area contributed by atoms with Gasteiger partial charge in [-0.1, -0.05) is 30.3 Å². The van der Waals surface area contributed by atoms with E-state index >= 15 is 0 Å². The minimum Gasteiger partial charge on any atom is -0.480 e. The van der Waals surface area contributed by atoms with Gasteiger partial charge in [0.15, 0.2) is 0 Å². The van der Waals surface area contributed by atoms with Crippen molar-refractivity contribution in [1.29, 1.82) is 0 Å². The van der Waals surface area contributed by atoms with Crippen LogP contribution in [0.15, 0.2) is 54.6 Å². The van der Waals surface area contributed by atoms with Crippen LogP contribution in [0.5, 0.6) is 0 Å². The predicted molar refractivity (Wildman–Crippen MR) is 86.8 cm³/mol. The van der Waals surface area contributed by atoms with Crippen molar-refractivity contribution >= 4 is 23.4 Å². The van der Waals surface area contributed by atoms with Gasteiger partial charge in [0, 0.05) is 24.2 Å².